The minimum absolute atomic E-state index is 0.0285. The fraction of sp³-hybridized carbons (Fsp3) is 0.429. The fourth-order valence-electron chi connectivity index (χ4n) is 4.94. The lowest BCUT2D eigenvalue weighted by molar-refractivity contribution is -0.139. The van der Waals surface area contributed by atoms with Gasteiger partial charge in [0, 0.05) is 12.1 Å². The number of methoxy groups -OCH3 is 3. The monoisotopic (exact) mass is 510 g/mol. The van der Waals surface area contributed by atoms with Gasteiger partial charge in [-0.2, -0.15) is 0 Å². The van der Waals surface area contributed by atoms with Gasteiger partial charge in [-0.1, -0.05) is 0 Å². The number of carbonyl (C=O) groups is 2. The molecule has 0 aromatic heterocycles. The molecule has 2 heterocycles. The van der Waals surface area contributed by atoms with Gasteiger partial charge in [0.15, 0.2) is 11.5 Å². The summed E-state index contributed by atoms with van der Waals surface area (Å²) in [6, 6.07) is 7.93. The number of benzene rings is 2. The van der Waals surface area contributed by atoms with Crippen molar-refractivity contribution in [3.05, 3.63) is 52.6 Å². The minimum Gasteiger partial charge on any atom is -0.507 e. The van der Waals surface area contributed by atoms with E-state index in [1.54, 1.807) is 24.3 Å². The maximum atomic E-state index is 13.4. The highest BCUT2D eigenvalue weighted by Crippen LogP contribution is 2.46. The van der Waals surface area contributed by atoms with Crippen molar-refractivity contribution in [1.82, 2.24) is 9.80 Å². The number of hydrogen-bond acceptors (Lipinski definition) is 8. The lowest BCUT2D eigenvalue weighted by Gasteiger charge is -2.27. The molecule has 0 spiro atoms. The average molecular weight is 511 g/mol. The van der Waals surface area contributed by atoms with Gasteiger partial charge < -0.3 is 33.9 Å². The van der Waals surface area contributed by atoms with E-state index in [9.17, 15) is 14.7 Å². The number of rotatable bonds is 9. The van der Waals surface area contributed by atoms with Crippen LogP contribution in [0.1, 0.15) is 35.6 Å². The van der Waals surface area contributed by atoms with E-state index in [1.807, 2.05) is 25.1 Å². The number of fused-ring (bicyclic) bond motifs is 1. The number of hydrogen-bond donors (Lipinski definition) is 1. The van der Waals surface area contributed by atoms with Crippen LogP contribution in [-0.4, -0.2) is 81.7 Å². The van der Waals surface area contributed by atoms with E-state index in [1.165, 1.54) is 26.2 Å². The average Bonchev–Trinajstić information content (AvgIpc) is 3.16. The molecule has 1 fully saturated rings. The number of ether oxygens (including phenoxy) is 4. The first-order valence-corrected chi connectivity index (χ1v) is 12.3. The Hall–Kier alpha value is -3.72. The molecule has 9 nitrogen and oxygen atoms in total. The van der Waals surface area contributed by atoms with E-state index in [2.05, 4.69) is 0 Å². The topological polar surface area (TPSA) is 97.8 Å². The van der Waals surface area contributed by atoms with Crippen LogP contribution in [0, 0.1) is 0 Å². The van der Waals surface area contributed by atoms with E-state index in [0.29, 0.717) is 47.9 Å². The lowest BCUT2D eigenvalue weighted by Crippen LogP contribution is -2.32. The Morgan fingerprint density at radius 2 is 1.78 bits per heavy atom. The van der Waals surface area contributed by atoms with Crippen molar-refractivity contribution in [2.75, 3.05) is 55.1 Å². The highest BCUT2D eigenvalue weighted by Gasteiger charge is 2.46. The molecule has 4 rings (SSSR count). The Bertz CT molecular complexity index is 1200. The number of amides is 1. The standard InChI is InChI=1S/C28H34N2O7/c1-29(2)11-7-12-30-24(19-15-21(34-3)27(36-5)22(16-19)35-4)23(26(32)28(30)33)25(31)18-9-10-20-17(14-18)8-6-13-37-20/h9-10,14-16,24,31H,6-8,11-13H2,1-5H3/b25-23+. The first kappa shape index (κ1) is 26.3. The van der Waals surface area contributed by atoms with Crippen LogP contribution in [0.4, 0.5) is 0 Å². The maximum Gasteiger partial charge on any atom is 0.295 e. The maximum absolute atomic E-state index is 13.4. The molecule has 2 aromatic rings. The summed E-state index contributed by atoms with van der Waals surface area (Å²) in [6.45, 7) is 1.71. The van der Waals surface area contributed by atoms with E-state index in [-0.39, 0.29) is 11.3 Å². The summed E-state index contributed by atoms with van der Waals surface area (Å²) in [5, 5.41) is 11.5. The van der Waals surface area contributed by atoms with Gasteiger partial charge in [-0.05, 0) is 81.4 Å². The molecule has 1 amide bonds. The quantitative estimate of drug-likeness (QED) is 0.311. The second-order valence-corrected chi connectivity index (χ2v) is 9.38. The number of Topliss-reactive ketones (excluding diaryl/α,β-unsaturated/α-hetero) is 1. The third kappa shape index (κ3) is 5.09. The Morgan fingerprint density at radius 1 is 1.08 bits per heavy atom. The van der Waals surface area contributed by atoms with Crippen molar-refractivity contribution in [2.24, 2.45) is 0 Å². The summed E-state index contributed by atoms with van der Waals surface area (Å²) in [5.74, 6) is 0.348. The Morgan fingerprint density at radius 3 is 2.41 bits per heavy atom. The molecule has 198 valence electrons. The molecule has 1 N–H and O–H groups in total. The summed E-state index contributed by atoms with van der Waals surface area (Å²) >= 11 is 0. The van der Waals surface area contributed by atoms with Crippen molar-refractivity contribution in [3.63, 3.8) is 0 Å². The van der Waals surface area contributed by atoms with Gasteiger partial charge in [0.1, 0.15) is 11.5 Å². The van der Waals surface area contributed by atoms with Gasteiger partial charge >= 0.3 is 0 Å². The number of ketones is 1. The zero-order chi connectivity index (χ0) is 26.7. The largest absolute Gasteiger partial charge is 0.507 e. The molecule has 1 atom stereocenters. The number of nitrogens with zero attached hydrogens (tertiary/aromatic N) is 2. The molecule has 0 radical (unpaired) electrons. The smallest absolute Gasteiger partial charge is 0.295 e. The first-order valence-electron chi connectivity index (χ1n) is 12.3. The minimum atomic E-state index is -0.830. The van der Waals surface area contributed by atoms with Crippen LogP contribution in [-0.2, 0) is 16.0 Å². The molecule has 2 aromatic carbocycles. The van der Waals surface area contributed by atoms with Crippen LogP contribution >= 0.6 is 0 Å². The van der Waals surface area contributed by atoms with Gasteiger partial charge in [0.2, 0.25) is 5.75 Å². The molecule has 9 heteroatoms. The van der Waals surface area contributed by atoms with Crippen LogP contribution in [0.5, 0.6) is 23.0 Å². The predicted octanol–water partition coefficient (Wildman–Crippen LogP) is 3.41. The van der Waals surface area contributed by atoms with Gasteiger partial charge in [0.05, 0.1) is 39.6 Å². The molecule has 37 heavy (non-hydrogen) atoms. The van der Waals surface area contributed by atoms with Crippen LogP contribution in [0.25, 0.3) is 5.76 Å². The highest BCUT2D eigenvalue weighted by atomic mass is 16.5. The van der Waals surface area contributed by atoms with E-state index in [4.69, 9.17) is 18.9 Å². The highest BCUT2D eigenvalue weighted by molar-refractivity contribution is 6.46. The summed E-state index contributed by atoms with van der Waals surface area (Å²) in [4.78, 5) is 30.2. The molecule has 2 aliphatic heterocycles. The number of likely N-dealkylation sites (tertiary alicyclic amines) is 1. The second-order valence-electron chi connectivity index (χ2n) is 9.38. The van der Waals surface area contributed by atoms with Gasteiger partial charge in [-0.25, -0.2) is 0 Å². The van der Waals surface area contributed by atoms with Crippen molar-refractivity contribution in [2.45, 2.75) is 25.3 Å². The lowest BCUT2D eigenvalue weighted by atomic mass is 9.93. The number of aliphatic hydroxyl groups is 1. The molecule has 0 aliphatic carbocycles. The van der Waals surface area contributed by atoms with Crippen molar-refractivity contribution in [3.8, 4) is 23.0 Å². The Kier molecular flexibility index (Phi) is 7.92. The molecule has 1 unspecified atom stereocenters. The van der Waals surface area contributed by atoms with Gasteiger partial charge in [-0.3, -0.25) is 9.59 Å². The van der Waals surface area contributed by atoms with Gasteiger partial charge in [-0.15, -0.1) is 0 Å². The Labute approximate surface area is 217 Å². The van der Waals surface area contributed by atoms with Crippen LogP contribution in [0.2, 0.25) is 0 Å². The summed E-state index contributed by atoms with van der Waals surface area (Å²) in [6.07, 6.45) is 2.34. The SMILES string of the molecule is COc1cc(C2/C(=C(\O)c3ccc4c(c3)CCCO4)C(=O)C(=O)N2CCCN(C)C)cc(OC)c1OC. The molecular formula is C28H34N2O7. The second kappa shape index (κ2) is 11.1. The van der Waals surface area contributed by atoms with Crippen molar-refractivity contribution in [1.29, 1.82) is 0 Å². The third-order valence-electron chi connectivity index (χ3n) is 6.73. The predicted molar refractivity (Wildman–Crippen MR) is 139 cm³/mol. The fourth-order valence-corrected chi connectivity index (χ4v) is 4.94. The number of aliphatic hydroxyl groups excluding tert-OH is 1. The van der Waals surface area contributed by atoms with E-state index in [0.717, 1.165) is 30.7 Å². The number of aryl methyl sites for hydroxylation is 1. The molecule has 1 saturated heterocycles. The molecule has 0 saturated carbocycles. The van der Waals surface area contributed by atoms with Crippen molar-refractivity contribution >= 4 is 17.4 Å². The first-order chi connectivity index (χ1) is 17.8. The van der Waals surface area contributed by atoms with Crippen LogP contribution in [0.3, 0.4) is 0 Å². The van der Waals surface area contributed by atoms with Crippen LogP contribution < -0.4 is 18.9 Å². The zero-order valence-corrected chi connectivity index (χ0v) is 22.0. The molecule has 2 aliphatic rings. The number of carbonyl (C=O) groups excluding carboxylic acids is 2. The molecular weight excluding hydrogens is 476 g/mol. The van der Waals surface area contributed by atoms with E-state index < -0.39 is 17.7 Å². The third-order valence-corrected chi connectivity index (χ3v) is 6.73. The normalized spacial score (nSPS) is 18.5. The van der Waals surface area contributed by atoms with Gasteiger partial charge in [0.25, 0.3) is 11.7 Å². The summed E-state index contributed by atoms with van der Waals surface area (Å²) in [5.41, 5.74) is 2.02. The van der Waals surface area contributed by atoms with Crippen LogP contribution in [0.15, 0.2) is 35.9 Å². The van der Waals surface area contributed by atoms with E-state index >= 15 is 0 Å². The zero-order valence-electron chi connectivity index (χ0n) is 22.0. The summed E-state index contributed by atoms with van der Waals surface area (Å²) in [7, 11) is 8.41. The molecule has 0 bridgehead atoms. The summed E-state index contributed by atoms with van der Waals surface area (Å²) < 4.78 is 22.2. The van der Waals surface area contributed by atoms with Crippen molar-refractivity contribution < 1.29 is 33.6 Å². The Balaban J connectivity index is 1.87.